The number of benzene rings is 3. The summed E-state index contributed by atoms with van der Waals surface area (Å²) >= 11 is 0. The summed E-state index contributed by atoms with van der Waals surface area (Å²) in [6.07, 6.45) is 0. The van der Waals surface area contributed by atoms with Crippen molar-refractivity contribution in [2.24, 2.45) is 0 Å². The van der Waals surface area contributed by atoms with Gasteiger partial charge < -0.3 is 0 Å². The Kier molecular flexibility index (Phi) is 4.23. The molecule has 126 valence electrons. The third-order valence-electron chi connectivity index (χ3n) is 4.00. The Labute approximate surface area is 151 Å². The smallest absolute Gasteiger partial charge is 0.164 e. The predicted molar refractivity (Wildman–Crippen MR) is 101 cm³/mol. The monoisotopic (exact) mass is 341 g/mol. The average Bonchev–Trinajstić information content (AvgIpc) is 2.68. The summed E-state index contributed by atoms with van der Waals surface area (Å²) in [5, 5.41) is 0. The molecule has 4 rings (SSSR count). The standard InChI is InChI=1S/C22H16FN3/c1-15-12-18(14-19(23)13-15)22-25-20(16-8-4-2-5-9-16)24-21(26-22)17-10-6-3-7-11-17/h2-14H,1H3. The first kappa shape index (κ1) is 16.1. The molecule has 1 aromatic heterocycles. The van der Waals surface area contributed by atoms with E-state index in [0.29, 0.717) is 23.0 Å². The van der Waals surface area contributed by atoms with Crippen molar-refractivity contribution in [3.63, 3.8) is 0 Å². The topological polar surface area (TPSA) is 38.7 Å². The highest BCUT2D eigenvalue weighted by Gasteiger charge is 2.12. The largest absolute Gasteiger partial charge is 0.208 e. The van der Waals surface area contributed by atoms with Crippen LogP contribution in [0.5, 0.6) is 0 Å². The first-order valence-electron chi connectivity index (χ1n) is 8.33. The van der Waals surface area contributed by atoms with Crippen LogP contribution >= 0.6 is 0 Å². The predicted octanol–water partition coefficient (Wildman–Crippen LogP) is 5.32. The molecule has 0 spiro atoms. The van der Waals surface area contributed by atoms with Crippen molar-refractivity contribution in [2.45, 2.75) is 6.92 Å². The van der Waals surface area contributed by atoms with Gasteiger partial charge in [0.25, 0.3) is 0 Å². The highest BCUT2D eigenvalue weighted by molar-refractivity contribution is 5.66. The summed E-state index contributed by atoms with van der Waals surface area (Å²) in [7, 11) is 0. The van der Waals surface area contributed by atoms with Crippen LogP contribution in [0.4, 0.5) is 4.39 Å². The van der Waals surface area contributed by atoms with E-state index in [0.717, 1.165) is 16.7 Å². The van der Waals surface area contributed by atoms with Crippen molar-refractivity contribution in [2.75, 3.05) is 0 Å². The zero-order chi connectivity index (χ0) is 17.9. The molecule has 0 bridgehead atoms. The maximum Gasteiger partial charge on any atom is 0.164 e. The van der Waals surface area contributed by atoms with Crippen molar-refractivity contribution in [1.29, 1.82) is 0 Å². The zero-order valence-electron chi connectivity index (χ0n) is 14.2. The third kappa shape index (κ3) is 3.35. The molecule has 1 heterocycles. The molecule has 4 aromatic rings. The zero-order valence-corrected chi connectivity index (χ0v) is 14.2. The van der Waals surface area contributed by atoms with Gasteiger partial charge in [-0.05, 0) is 30.7 Å². The Morgan fingerprint density at radius 1 is 0.577 bits per heavy atom. The second kappa shape index (κ2) is 6.84. The van der Waals surface area contributed by atoms with Gasteiger partial charge >= 0.3 is 0 Å². The van der Waals surface area contributed by atoms with Gasteiger partial charge in [-0.2, -0.15) is 0 Å². The molecule has 0 aliphatic rings. The molecule has 3 nitrogen and oxygen atoms in total. The molecular formula is C22H16FN3. The lowest BCUT2D eigenvalue weighted by Crippen LogP contribution is -2.00. The van der Waals surface area contributed by atoms with Gasteiger partial charge in [0, 0.05) is 16.7 Å². The minimum Gasteiger partial charge on any atom is -0.208 e. The van der Waals surface area contributed by atoms with Gasteiger partial charge in [-0.25, -0.2) is 19.3 Å². The fourth-order valence-electron chi connectivity index (χ4n) is 2.80. The van der Waals surface area contributed by atoms with Crippen LogP contribution in [0, 0.1) is 12.7 Å². The molecule has 0 unspecified atom stereocenters. The number of hydrogen-bond donors (Lipinski definition) is 0. The fourth-order valence-corrected chi connectivity index (χ4v) is 2.80. The van der Waals surface area contributed by atoms with Crippen LogP contribution in [-0.2, 0) is 0 Å². The number of aromatic nitrogens is 3. The minimum absolute atomic E-state index is 0.303. The molecule has 0 atom stereocenters. The van der Waals surface area contributed by atoms with Crippen LogP contribution in [0.25, 0.3) is 34.2 Å². The number of rotatable bonds is 3. The van der Waals surface area contributed by atoms with Gasteiger partial charge in [-0.15, -0.1) is 0 Å². The molecule has 3 aromatic carbocycles. The number of halogens is 1. The SMILES string of the molecule is Cc1cc(F)cc(-c2nc(-c3ccccc3)nc(-c3ccccc3)n2)c1. The van der Waals surface area contributed by atoms with E-state index in [1.54, 1.807) is 0 Å². The number of nitrogens with zero attached hydrogens (tertiary/aromatic N) is 3. The van der Waals surface area contributed by atoms with Crippen LogP contribution in [0.3, 0.4) is 0 Å². The molecule has 0 radical (unpaired) electrons. The molecule has 26 heavy (non-hydrogen) atoms. The number of hydrogen-bond acceptors (Lipinski definition) is 3. The molecule has 0 fully saturated rings. The van der Waals surface area contributed by atoms with Gasteiger partial charge in [0.2, 0.25) is 0 Å². The van der Waals surface area contributed by atoms with Gasteiger partial charge in [-0.1, -0.05) is 60.7 Å². The highest BCUT2D eigenvalue weighted by Crippen LogP contribution is 2.25. The van der Waals surface area contributed by atoms with E-state index in [2.05, 4.69) is 15.0 Å². The van der Waals surface area contributed by atoms with Crippen LogP contribution in [-0.4, -0.2) is 15.0 Å². The Balaban J connectivity index is 1.93. The molecule has 0 N–H and O–H groups in total. The maximum atomic E-state index is 13.9. The second-order valence-corrected chi connectivity index (χ2v) is 6.06. The van der Waals surface area contributed by atoms with E-state index in [1.165, 1.54) is 12.1 Å². The quantitative estimate of drug-likeness (QED) is 0.506. The first-order chi connectivity index (χ1) is 12.7. The molecule has 0 amide bonds. The highest BCUT2D eigenvalue weighted by atomic mass is 19.1. The summed E-state index contributed by atoms with van der Waals surface area (Å²) < 4.78 is 13.9. The van der Waals surface area contributed by atoms with E-state index in [1.807, 2.05) is 73.7 Å². The Hall–Kier alpha value is -3.40. The Morgan fingerprint density at radius 3 is 1.50 bits per heavy atom. The van der Waals surface area contributed by atoms with E-state index in [4.69, 9.17) is 0 Å². The van der Waals surface area contributed by atoms with E-state index >= 15 is 0 Å². The average molecular weight is 341 g/mol. The van der Waals surface area contributed by atoms with Gasteiger partial charge in [0.1, 0.15) is 5.82 Å². The molecule has 4 heteroatoms. The summed E-state index contributed by atoms with van der Waals surface area (Å²) in [5.41, 5.74) is 3.24. The van der Waals surface area contributed by atoms with Crippen molar-refractivity contribution in [3.05, 3.63) is 90.2 Å². The fraction of sp³-hybridized carbons (Fsp3) is 0.0455. The maximum absolute atomic E-state index is 13.9. The summed E-state index contributed by atoms with van der Waals surface area (Å²) in [6, 6.07) is 24.3. The second-order valence-electron chi connectivity index (χ2n) is 6.06. The minimum atomic E-state index is -0.303. The molecule has 0 aliphatic heterocycles. The van der Waals surface area contributed by atoms with E-state index < -0.39 is 0 Å². The number of aryl methyl sites for hydroxylation is 1. The lowest BCUT2D eigenvalue weighted by atomic mass is 10.1. The third-order valence-corrected chi connectivity index (χ3v) is 4.00. The van der Waals surface area contributed by atoms with Crippen molar-refractivity contribution in [3.8, 4) is 34.2 Å². The van der Waals surface area contributed by atoms with Crippen LogP contribution < -0.4 is 0 Å². The van der Waals surface area contributed by atoms with Gasteiger partial charge in [0.05, 0.1) is 0 Å². The molecule has 0 saturated heterocycles. The lowest BCUT2D eigenvalue weighted by molar-refractivity contribution is 0.627. The summed E-state index contributed by atoms with van der Waals surface area (Å²) in [5.74, 6) is 1.29. The summed E-state index contributed by atoms with van der Waals surface area (Å²) in [6.45, 7) is 1.85. The van der Waals surface area contributed by atoms with Crippen molar-refractivity contribution < 1.29 is 4.39 Å². The molecule has 0 saturated carbocycles. The van der Waals surface area contributed by atoms with Gasteiger partial charge in [0.15, 0.2) is 17.5 Å². The summed E-state index contributed by atoms with van der Waals surface area (Å²) in [4.78, 5) is 13.8. The Bertz CT molecular complexity index is 969. The van der Waals surface area contributed by atoms with Crippen molar-refractivity contribution in [1.82, 2.24) is 15.0 Å². The van der Waals surface area contributed by atoms with Crippen LogP contribution in [0.1, 0.15) is 5.56 Å². The first-order valence-corrected chi connectivity index (χ1v) is 8.33. The molecular weight excluding hydrogens is 325 g/mol. The van der Waals surface area contributed by atoms with E-state index in [9.17, 15) is 4.39 Å². The van der Waals surface area contributed by atoms with Crippen LogP contribution in [0.15, 0.2) is 78.9 Å². The van der Waals surface area contributed by atoms with Gasteiger partial charge in [-0.3, -0.25) is 0 Å². The lowest BCUT2D eigenvalue weighted by Gasteiger charge is -2.09. The van der Waals surface area contributed by atoms with E-state index in [-0.39, 0.29) is 5.82 Å². The van der Waals surface area contributed by atoms with Crippen molar-refractivity contribution >= 4 is 0 Å². The Morgan fingerprint density at radius 2 is 1.04 bits per heavy atom. The van der Waals surface area contributed by atoms with Crippen LogP contribution in [0.2, 0.25) is 0 Å². The normalized spacial score (nSPS) is 10.7. The molecule has 0 aliphatic carbocycles.